The first kappa shape index (κ1) is 14.0. The Balaban J connectivity index is 2.19. The highest BCUT2D eigenvalue weighted by atomic mass is 79.9. The van der Waals surface area contributed by atoms with E-state index in [1.807, 2.05) is 54.6 Å². The summed E-state index contributed by atoms with van der Waals surface area (Å²) in [5.41, 5.74) is 9.80. The molecular weight excluding hydrogens is 346 g/mol. The van der Waals surface area contributed by atoms with Crippen LogP contribution in [0.3, 0.4) is 0 Å². The number of aldehydes is 1. The predicted molar refractivity (Wildman–Crippen MR) is 92.7 cm³/mol. The summed E-state index contributed by atoms with van der Waals surface area (Å²) in [4.78, 5) is 13.0. The largest absolute Gasteiger partial charge is 0.397 e. The van der Waals surface area contributed by atoms with Crippen LogP contribution < -0.4 is 5.73 Å². The molecule has 1 aromatic heterocycles. The molecule has 2 nitrogen and oxygen atoms in total. The van der Waals surface area contributed by atoms with Gasteiger partial charge in [0.1, 0.15) is 0 Å². The van der Waals surface area contributed by atoms with E-state index in [1.165, 1.54) is 11.3 Å². The summed E-state index contributed by atoms with van der Waals surface area (Å²) in [6, 6.07) is 17.7. The Morgan fingerprint density at radius 3 is 2.24 bits per heavy atom. The first-order valence-electron chi connectivity index (χ1n) is 6.39. The summed E-state index contributed by atoms with van der Waals surface area (Å²) in [5.74, 6) is 0. The van der Waals surface area contributed by atoms with Gasteiger partial charge in [-0.25, -0.2) is 0 Å². The molecular formula is C17H12BrNOS. The summed E-state index contributed by atoms with van der Waals surface area (Å²) in [6.45, 7) is 0. The Bertz CT molecular complexity index is 779. The molecule has 2 N–H and O–H groups in total. The van der Waals surface area contributed by atoms with Gasteiger partial charge in [-0.3, -0.25) is 4.79 Å². The van der Waals surface area contributed by atoms with E-state index in [9.17, 15) is 4.79 Å². The first-order valence-corrected chi connectivity index (χ1v) is 8.00. The fraction of sp³-hybridized carbons (Fsp3) is 0. The molecule has 4 heteroatoms. The molecule has 104 valence electrons. The number of benzene rings is 2. The molecule has 0 radical (unpaired) electrons. The van der Waals surface area contributed by atoms with Crippen molar-refractivity contribution in [1.82, 2.24) is 0 Å². The van der Waals surface area contributed by atoms with Crippen LogP contribution in [0.5, 0.6) is 0 Å². The van der Waals surface area contributed by atoms with Crippen molar-refractivity contribution in [2.24, 2.45) is 0 Å². The zero-order valence-corrected chi connectivity index (χ0v) is 13.4. The number of thiophene rings is 1. The van der Waals surface area contributed by atoms with Gasteiger partial charge in [-0.1, -0.05) is 58.4 Å². The maximum atomic E-state index is 11.4. The molecule has 0 aliphatic carbocycles. The average Bonchev–Trinajstić information content (AvgIpc) is 2.86. The van der Waals surface area contributed by atoms with Crippen LogP contribution in [-0.4, -0.2) is 6.29 Å². The van der Waals surface area contributed by atoms with Gasteiger partial charge in [0.2, 0.25) is 0 Å². The van der Waals surface area contributed by atoms with Gasteiger partial charge in [0.25, 0.3) is 0 Å². The molecule has 3 aromatic rings. The average molecular weight is 358 g/mol. The van der Waals surface area contributed by atoms with E-state index in [2.05, 4.69) is 15.9 Å². The van der Waals surface area contributed by atoms with E-state index in [1.54, 1.807) is 0 Å². The van der Waals surface area contributed by atoms with E-state index in [-0.39, 0.29) is 0 Å². The minimum absolute atomic E-state index is 0.663. The zero-order valence-electron chi connectivity index (χ0n) is 11.0. The molecule has 3 rings (SSSR count). The highest BCUT2D eigenvalue weighted by Crippen LogP contribution is 2.43. The van der Waals surface area contributed by atoms with Crippen LogP contribution in [0.25, 0.3) is 21.6 Å². The number of nitrogen functional groups attached to an aromatic ring is 1. The minimum atomic E-state index is 0.663. The molecule has 0 fully saturated rings. The highest BCUT2D eigenvalue weighted by Gasteiger charge is 2.18. The Labute approximate surface area is 135 Å². The van der Waals surface area contributed by atoms with Crippen LogP contribution in [-0.2, 0) is 0 Å². The molecule has 2 aromatic carbocycles. The number of rotatable bonds is 3. The smallest absolute Gasteiger partial charge is 0.160 e. The summed E-state index contributed by atoms with van der Waals surface area (Å²) in [6.07, 6.45) is 0.881. The van der Waals surface area contributed by atoms with Gasteiger partial charge >= 0.3 is 0 Å². The van der Waals surface area contributed by atoms with E-state index in [4.69, 9.17) is 5.73 Å². The van der Waals surface area contributed by atoms with Crippen LogP contribution in [0.2, 0.25) is 0 Å². The topological polar surface area (TPSA) is 43.1 Å². The number of anilines is 1. The number of hydrogen-bond donors (Lipinski definition) is 1. The molecule has 0 saturated carbocycles. The van der Waals surface area contributed by atoms with Crippen LogP contribution in [0, 0.1) is 0 Å². The predicted octanol–water partition coefficient (Wildman–Crippen LogP) is 5.24. The second-order valence-electron chi connectivity index (χ2n) is 4.57. The Morgan fingerprint density at radius 2 is 1.62 bits per heavy atom. The quantitative estimate of drug-likeness (QED) is 0.651. The van der Waals surface area contributed by atoms with Crippen LogP contribution in [0.1, 0.15) is 9.67 Å². The molecule has 0 aliphatic rings. The first-order chi connectivity index (χ1) is 10.2. The van der Waals surface area contributed by atoms with Crippen molar-refractivity contribution in [2.45, 2.75) is 0 Å². The molecule has 0 amide bonds. The molecule has 0 bridgehead atoms. The molecule has 0 atom stereocenters. The maximum Gasteiger partial charge on any atom is 0.160 e. The third-order valence-electron chi connectivity index (χ3n) is 3.25. The van der Waals surface area contributed by atoms with Crippen LogP contribution in [0.15, 0.2) is 59.1 Å². The van der Waals surface area contributed by atoms with Gasteiger partial charge in [-0.05, 0) is 23.3 Å². The minimum Gasteiger partial charge on any atom is -0.397 e. The number of carbonyl (C=O) groups is 1. The molecule has 1 heterocycles. The Hall–Kier alpha value is -1.91. The SMILES string of the molecule is Nc1c(-c2ccc(Br)cc2)sc(C=O)c1-c1ccccc1. The van der Waals surface area contributed by atoms with Gasteiger partial charge in [-0.15, -0.1) is 11.3 Å². The summed E-state index contributed by atoms with van der Waals surface area (Å²) in [5, 5.41) is 0. The monoisotopic (exact) mass is 357 g/mol. The van der Waals surface area contributed by atoms with E-state index >= 15 is 0 Å². The highest BCUT2D eigenvalue weighted by molar-refractivity contribution is 9.10. The molecule has 0 spiro atoms. The number of nitrogens with two attached hydrogens (primary N) is 1. The van der Waals surface area contributed by atoms with E-state index in [0.29, 0.717) is 10.6 Å². The molecule has 0 aliphatic heterocycles. The normalized spacial score (nSPS) is 10.5. The van der Waals surface area contributed by atoms with Crippen LogP contribution in [0.4, 0.5) is 5.69 Å². The van der Waals surface area contributed by atoms with Gasteiger partial charge in [0.15, 0.2) is 6.29 Å². The third kappa shape index (κ3) is 2.64. The van der Waals surface area contributed by atoms with Crippen molar-refractivity contribution in [2.75, 3.05) is 5.73 Å². The molecule has 21 heavy (non-hydrogen) atoms. The lowest BCUT2D eigenvalue weighted by atomic mass is 10.0. The van der Waals surface area contributed by atoms with Crippen molar-refractivity contribution in [1.29, 1.82) is 0 Å². The summed E-state index contributed by atoms with van der Waals surface area (Å²) < 4.78 is 1.01. The lowest BCUT2D eigenvalue weighted by Gasteiger charge is -2.04. The fourth-order valence-electron chi connectivity index (χ4n) is 2.26. The molecule has 0 saturated heterocycles. The van der Waals surface area contributed by atoms with Gasteiger partial charge in [-0.2, -0.15) is 0 Å². The Morgan fingerprint density at radius 1 is 0.952 bits per heavy atom. The van der Waals surface area contributed by atoms with Gasteiger partial charge < -0.3 is 5.73 Å². The molecule has 0 unspecified atom stereocenters. The second-order valence-corrected chi connectivity index (χ2v) is 6.54. The number of carbonyl (C=O) groups excluding carboxylic acids is 1. The fourth-order valence-corrected chi connectivity index (χ4v) is 3.59. The van der Waals surface area contributed by atoms with Crippen molar-refractivity contribution >= 4 is 39.2 Å². The van der Waals surface area contributed by atoms with Crippen molar-refractivity contribution in [3.8, 4) is 21.6 Å². The standard InChI is InChI=1S/C17H12BrNOS/c18-13-8-6-12(7-9-13)17-16(19)15(14(10-20)21-17)11-4-2-1-3-5-11/h1-10H,19H2. The van der Waals surface area contributed by atoms with Gasteiger partial charge in [0.05, 0.1) is 15.4 Å². The van der Waals surface area contributed by atoms with Crippen molar-refractivity contribution < 1.29 is 4.79 Å². The number of hydrogen-bond acceptors (Lipinski definition) is 3. The zero-order chi connectivity index (χ0) is 14.8. The van der Waals surface area contributed by atoms with Crippen molar-refractivity contribution in [3.05, 3.63) is 63.9 Å². The second kappa shape index (κ2) is 5.84. The lowest BCUT2D eigenvalue weighted by Crippen LogP contribution is -1.90. The lowest BCUT2D eigenvalue weighted by molar-refractivity contribution is 0.112. The van der Waals surface area contributed by atoms with Crippen LogP contribution >= 0.6 is 27.3 Å². The maximum absolute atomic E-state index is 11.4. The van der Waals surface area contributed by atoms with E-state index < -0.39 is 0 Å². The van der Waals surface area contributed by atoms with Crippen molar-refractivity contribution in [3.63, 3.8) is 0 Å². The van der Waals surface area contributed by atoms with Gasteiger partial charge in [0, 0.05) is 10.0 Å². The third-order valence-corrected chi connectivity index (χ3v) is 4.96. The summed E-state index contributed by atoms with van der Waals surface area (Å²) >= 11 is 4.85. The van der Waals surface area contributed by atoms with E-state index in [0.717, 1.165) is 32.3 Å². The number of halogens is 1. The Kier molecular flexibility index (Phi) is 3.90. The summed E-state index contributed by atoms with van der Waals surface area (Å²) in [7, 11) is 0.